The molecule has 1 aromatic carbocycles. The molecule has 1 N–H and O–H groups in total. The highest BCUT2D eigenvalue weighted by molar-refractivity contribution is 5.77. The molecule has 0 unspecified atom stereocenters. The lowest BCUT2D eigenvalue weighted by Gasteiger charge is -2.15. The average Bonchev–Trinajstić information content (AvgIpc) is 3.38. The number of nitrogens with zero attached hydrogens (tertiary/aromatic N) is 8. The fraction of sp³-hybridized carbons (Fsp3) is 0.240. The van der Waals surface area contributed by atoms with Gasteiger partial charge >= 0.3 is 6.18 Å². The molecule has 4 aromatic heterocycles. The van der Waals surface area contributed by atoms with E-state index >= 15 is 0 Å². The Kier molecular flexibility index (Phi) is 5.81. The third-order valence-corrected chi connectivity index (χ3v) is 6.11. The molecule has 0 bridgehead atoms. The maximum Gasteiger partial charge on any atom is 0.434 e. The summed E-state index contributed by atoms with van der Waals surface area (Å²) in [5.74, 6) is 1.45. The number of aromatic nitrogens is 7. The number of fused-ring (bicyclic) bond motifs is 1. The topological polar surface area (TPSA) is 93.4 Å². The first-order chi connectivity index (χ1) is 17.5. The van der Waals surface area contributed by atoms with Crippen LogP contribution in [0.4, 0.5) is 19.0 Å². The van der Waals surface area contributed by atoms with Crippen molar-refractivity contribution in [3.8, 4) is 22.8 Å². The Morgan fingerprint density at radius 2 is 1.73 bits per heavy atom. The average molecular weight is 508 g/mol. The first kappa shape index (κ1) is 24.2. The van der Waals surface area contributed by atoms with E-state index < -0.39 is 11.9 Å². The van der Waals surface area contributed by atoms with Crippen molar-refractivity contribution in [3.05, 3.63) is 71.9 Å². The Bertz CT molecular complexity index is 1660. The number of halogens is 3. The second-order valence-corrected chi connectivity index (χ2v) is 8.90. The highest BCUT2D eigenvalue weighted by Gasteiger charge is 2.34. The summed E-state index contributed by atoms with van der Waals surface area (Å²) < 4.78 is 44.0. The summed E-state index contributed by atoms with van der Waals surface area (Å²) in [7, 11) is 7.11. The van der Waals surface area contributed by atoms with Crippen LogP contribution < -0.4 is 10.5 Å². The van der Waals surface area contributed by atoms with Gasteiger partial charge in [-0.05, 0) is 17.7 Å². The van der Waals surface area contributed by atoms with Crippen molar-refractivity contribution in [2.45, 2.75) is 12.7 Å². The van der Waals surface area contributed by atoms with Crippen molar-refractivity contribution in [1.29, 1.82) is 5.41 Å². The largest absolute Gasteiger partial charge is 0.434 e. The number of hydrogen-bond acceptors (Lipinski definition) is 6. The number of alkyl halides is 3. The van der Waals surface area contributed by atoms with E-state index in [0.29, 0.717) is 29.1 Å². The normalized spacial score (nSPS) is 11.9. The number of pyridine rings is 1. The standard InChI is InChI=1S/C25H24F3N9/c1-34(2)22-17(6-5-11-30-22)20-31-12-18-23(33-20)37(24(29)36(18)4)13-15-7-9-16(10-8-15)21-32-19(14-35(21)3)25(26,27)28/h5-12,14,29H,13H2,1-4H3. The van der Waals surface area contributed by atoms with E-state index in [1.807, 2.05) is 43.3 Å². The minimum atomic E-state index is -4.50. The van der Waals surface area contributed by atoms with Crippen molar-refractivity contribution in [1.82, 2.24) is 33.6 Å². The molecule has 0 aliphatic heterocycles. The summed E-state index contributed by atoms with van der Waals surface area (Å²) in [4.78, 5) is 19.4. The Labute approximate surface area is 210 Å². The highest BCUT2D eigenvalue weighted by Crippen LogP contribution is 2.31. The van der Waals surface area contributed by atoms with Crippen LogP contribution >= 0.6 is 0 Å². The summed E-state index contributed by atoms with van der Waals surface area (Å²) in [6.45, 7) is 0.342. The number of rotatable bonds is 5. The predicted octanol–water partition coefficient (Wildman–Crippen LogP) is 3.84. The maximum atomic E-state index is 13.1. The van der Waals surface area contributed by atoms with Gasteiger partial charge in [0.05, 0.1) is 18.3 Å². The van der Waals surface area contributed by atoms with Crippen LogP contribution in [0.1, 0.15) is 11.3 Å². The predicted molar refractivity (Wildman–Crippen MR) is 133 cm³/mol. The molecule has 9 nitrogen and oxygen atoms in total. The van der Waals surface area contributed by atoms with Crippen LogP contribution in [-0.2, 0) is 26.8 Å². The van der Waals surface area contributed by atoms with Gasteiger partial charge in [-0.25, -0.2) is 19.9 Å². The number of aryl methyl sites for hydroxylation is 2. The molecule has 0 amide bonds. The van der Waals surface area contributed by atoms with Crippen LogP contribution in [0.5, 0.6) is 0 Å². The quantitative estimate of drug-likeness (QED) is 0.390. The molecule has 0 saturated heterocycles. The van der Waals surface area contributed by atoms with E-state index in [4.69, 9.17) is 10.4 Å². The zero-order valence-electron chi connectivity index (χ0n) is 20.6. The lowest BCUT2D eigenvalue weighted by molar-refractivity contribution is -0.140. The SMILES string of the molecule is CN(C)c1ncccc1-c1ncc2c(n1)n(Cc1ccc(-c3nc(C(F)(F)F)cn3C)cc1)c(=N)n2C. The monoisotopic (exact) mass is 507 g/mol. The van der Waals surface area contributed by atoms with Gasteiger partial charge < -0.3 is 14.0 Å². The Balaban J connectivity index is 1.51. The van der Waals surface area contributed by atoms with Crippen molar-refractivity contribution in [3.63, 3.8) is 0 Å². The number of hydrogen-bond donors (Lipinski definition) is 1. The van der Waals surface area contributed by atoms with E-state index in [2.05, 4.69) is 15.0 Å². The van der Waals surface area contributed by atoms with Gasteiger partial charge in [-0.15, -0.1) is 0 Å². The van der Waals surface area contributed by atoms with Crippen LogP contribution in [-0.4, -0.2) is 47.7 Å². The molecule has 37 heavy (non-hydrogen) atoms. The van der Waals surface area contributed by atoms with E-state index in [1.165, 1.54) is 11.6 Å². The molecular weight excluding hydrogens is 483 g/mol. The van der Waals surface area contributed by atoms with Crippen molar-refractivity contribution < 1.29 is 13.2 Å². The van der Waals surface area contributed by atoms with Crippen molar-refractivity contribution >= 4 is 17.0 Å². The van der Waals surface area contributed by atoms with Crippen molar-refractivity contribution in [2.75, 3.05) is 19.0 Å². The second kappa shape index (κ2) is 8.87. The zero-order valence-corrected chi connectivity index (χ0v) is 20.6. The lowest BCUT2D eigenvalue weighted by Crippen LogP contribution is -2.23. The van der Waals surface area contributed by atoms with Gasteiger partial charge in [-0.1, -0.05) is 24.3 Å². The van der Waals surface area contributed by atoms with Gasteiger partial charge in [-0.3, -0.25) is 9.98 Å². The third kappa shape index (κ3) is 4.34. The zero-order chi connectivity index (χ0) is 26.5. The van der Waals surface area contributed by atoms with Gasteiger partial charge in [0.1, 0.15) is 17.2 Å². The van der Waals surface area contributed by atoms with Gasteiger partial charge in [0.25, 0.3) is 0 Å². The molecule has 0 radical (unpaired) electrons. The van der Waals surface area contributed by atoms with Crippen molar-refractivity contribution in [2.24, 2.45) is 14.1 Å². The fourth-order valence-electron chi connectivity index (χ4n) is 4.22. The number of nitrogens with one attached hydrogen (secondary N) is 1. The first-order valence-corrected chi connectivity index (χ1v) is 11.3. The van der Waals surface area contributed by atoms with Gasteiger partial charge in [0, 0.05) is 46.1 Å². The molecule has 0 saturated carbocycles. The lowest BCUT2D eigenvalue weighted by atomic mass is 10.1. The van der Waals surface area contributed by atoms with Gasteiger partial charge in [-0.2, -0.15) is 13.2 Å². The molecule has 0 spiro atoms. The van der Waals surface area contributed by atoms with E-state index in [0.717, 1.165) is 23.1 Å². The van der Waals surface area contributed by atoms with E-state index in [1.54, 1.807) is 40.7 Å². The number of benzene rings is 1. The molecule has 12 heteroatoms. The molecule has 4 heterocycles. The minimum absolute atomic E-state index is 0.225. The smallest absolute Gasteiger partial charge is 0.362 e. The molecular formula is C25H24F3N9. The molecule has 0 atom stereocenters. The van der Waals surface area contributed by atoms with E-state index in [-0.39, 0.29) is 11.4 Å². The number of imidazole rings is 2. The van der Waals surface area contributed by atoms with Crippen LogP contribution in [0.25, 0.3) is 33.9 Å². The molecule has 5 aromatic rings. The summed E-state index contributed by atoms with van der Waals surface area (Å²) in [6, 6.07) is 10.8. The van der Waals surface area contributed by atoms with Crippen LogP contribution in [0.2, 0.25) is 0 Å². The summed E-state index contributed by atoms with van der Waals surface area (Å²) in [5.41, 5.74) is 2.80. The van der Waals surface area contributed by atoms with Crippen LogP contribution in [0.3, 0.4) is 0 Å². The second-order valence-electron chi connectivity index (χ2n) is 8.90. The molecule has 0 fully saturated rings. The Morgan fingerprint density at radius 1 is 1.00 bits per heavy atom. The van der Waals surface area contributed by atoms with Crippen LogP contribution in [0, 0.1) is 5.41 Å². The fourth-order valence-corrected chi connectivity index (χ4v) is 4.22. The van der Waals surface area contributed by atoms with Gasteiger partial charge in [0.2, 0.25) is 5.62 Å². The Hall–Kier alpha value is -4.48. The molecule has 5 rings (SSSR count). The van der Waals surface area contributed by atoms with Crippen LogP contribution in [0.15, 0.2) is 55.0 Å². The Morgan fingerprint density at radius 3 is 2.38 bits per heavy atom. The highest BCUT2D eigenvalue weighted by atomic mass is 19.4. The number of anilines is 1. The first-order valence-electron chi connectivity index (χ1n) is 11.3. The molecule has 0 aliphatic carbocycles. The van der Waals surface area contributed by atoms with Gasteiger partial charge in [0.15, 0.2) is 17.2 Å². The summed E-state index contributed by atoms with van der Waals surface area (Å²) in [6.07, 6.45) is -0.125. The third-order valence-electron chi connectivity index (χ3n) is 6.11. The maximum absolute atomic E-state index is 13.1. The molecule has 190 valence electrons. The minimum Gasteiger partial charge on any atom is -0.362 e. The summed E-state index contributed by atoms with van der Waals surface area (Å²) in [5, 5.41) is 8.64. The summed E-state index contributed by atoms with van der Waals surface area (Å²) >= 11 is 0. The van der Waals surface area contributed by atoms with E-state index in [9.17, 15) is 13.2 Å². The molecule has 0 aliphatic rings.